The van der Waals surface area contributed by atoms with Crippen LogP contribution in [0.15, 0.2) is 11.1 Å². The van der Waals surface area contributed by atoms with Gasteiger partial charge in [0.1, 0.15) is 6.29 Å². The van der Waals surface area contributed by atoms with Gasteiger partial charge in [-0.1, -0.05) is 6.92 Å². The molecule has 0 saturated carbocycles. The molecule has 1 aliphatic rings. The van der Waals surface area contributed by atoms with Crippen LogP contribution in [-0.2, 0) is 9.59 Å². The quantitative estimate of drug-likeness (QED) is 0.640. The molecule has 3 nitrogen and oxygen atoms in total. The molecule has 1 amide bonds. The molecule has 3 heteroatoms. The van der Waals surface area contributed by atoms with Gasteiger partial charge in [0.25, 0.3) is 5.91 Å². The van der Waals surface area contributed by atoms with Gasteiger partial charge in [0.15, 0.2) is 0 Å². The summed E-state index contributed by atoms with van der Waals surface area (Å²) in [6, 6.07) is 0.0893. The summed E-state index contributed by atoms with van der Waals surface area (Å²) in [6.07, 6.45) is 1.46. The predicted octanol–water partition coefficient (Wildman–Crippen LogP) is 1.53. The van der Waals surface area contributed by atoms with Crippen molar-refractivity contribution in [3.8, 4) is 0 Å². The number of amides is 1. The number of aldehydes is 1. The Morgan fingerprint density at radius 1 is 1.50 bits per heavy atom. The van der Waals surface area contributed by atoms with Crippen molar-refractivity contribution in [1.29, 1.82) is 0 Å². The molecule has 0 N–H and O–H groups in total. The fourth-order valence-electron chi connectivity index (χ4n) is 2.06. The number of carbonyl (C=O) groups is 2. The van der Waals surface area contributed by atoms with Crippen molar-refractivity contribution in [1.82, 2.24) is 4.90 Å². The Morgan fingerprint density at radius 3 is 2.36 bits per heavy atom. The van der Waals surface area contributed by atoms with Gasteiger partial charge in [-0.3, -0.25) is 9.59 Å². The van der Waals surface area contributed by atoms with E-state index in [0.29, 0.717) is 17.6 Å². The highest BCUT2D eigenvalue weighted by Crippen LogP contribution is 2.28. The van der Waals surface area contributed by atoms with E-state index in [1.807, 2.05) is 27.7 Å². The van der Waals surface area contributed by atoms with Gasteiger partial charge in [-0.15, -0.1) is 0 Å². The zero-order valence-electron chi connectivity index (χ0n) is 9.20. The molecule has 0 aromatic carbocycles. The lowest BCUT2D eigenvalue weighted by atomic mass is 10.1. The molecule has 0 radical (unpaired) electrons. The first-order valence-electron chi connectivity index (χ1n) is 5.05. The maximum absolute atomic E-state index is 11.9. The third-order valence-corrected chi connectivity index (χ3v) is 2.75. The third-order valence-electron chi connectivity index (χ3n) is 2.75. The molecule has 0 saturated heterocycles. The fourth-order valence-corrected chi connectivity index (χ4v) is 2.06. The minimum Gasteiger partial charge on any atom is -0.330 e. The van der Waals surface area contributed by atoms with Crippen molar-refractivity contribution >= 4 is 12.2 Å². The first kappa shape index (κ1) is 11.0. The second-order valence-corrected chi connectivity index (χ2v) is 3.89. The van der Waals surface area contributed by atoms with Gasteiger partial charge in [0, 0.05) is 17.2 Å². The Kier molecular flexibility index (Phi) is 3.09. The summed E-state index contributed by atoms with van der Waals surface area (Å²) >= 11 is 0. The van der Waals surface area contributed by atoms with Crippen LogP contribution in [0.2, 0.25) is 0 Å². The van der Waals surface area contributed by atoms with Crippen molar-refractivity contribution in [2.24, 2.45) is 0 Å². The molecule has 14 heavy (non-hydrogen) atoms. The fraction of sp³-hybridized carbons (Fsp3) is 0.636. The highest BCUT2D eigenvalue weighted by molar-refractivity contribution is 6.03. The number of nitrogens with zero attached hydrogens (tertiary/aromatic N) is 1. The highest BCUT2D eigenvalue weighted by Gasteiger charge is 2.36. The third kappa shape index (κ3) is 1.47. The van der Waals surface area contributed by atoms with Crippen LogP contribution < -0.4 is 0 Å². The maximum atomic E-state index is 11.9. The number of hydrogen-bond donors (Lipinski definition) is 0. The van der Waals surface area contributed by atoms with E-state index >= 15 is 0 Å². The molecular formula is C11H17NO2. The summed E-state index contributed by atoms with van der Waals surface area (Å²) in [7, 11) is 0. The van der Waals surface area contributed by atoms with E-state index in [-0.39, 0.29) is 18.0 Å². The Morgan fingerprint density at radius 2 is 2.07 bits per heavy atom. The smallest absolute Gasteiger partial charge is 0.250 e. The molecule has 1 unspecified atom stereocenters. The molecule has 1 aliphatic heterocycles. The van der Waals surface area contributed by atoms with Crippen LogP contribution in [0.5, 0.6) is 0 Å². The molecule has 78 valence electrons. The van der Waals surface area contributed by atoms with Gasteiger partial charge >= 0.3 is 0 Å². The number of carbonyl (C=O) groups excluding carboxylic acids is 2. The summed E-state index contributed by atoms with van der Waals surface area (Å²) in [5.74, 6) is 0.0251. The largest absolute Gasteiger partial charge is 0.330 e. The van der Waals surface area contributed by atoms with Crippen LogP contribution in [0.4, 0.5) is 0 Å². The van der Waals surface area contributed by atoms with E-state index in [2.05, 4.69) is 0 Å². The van der Waals surface area contributed by atoms with Crippen molar-refractivity contribution in [3.63, 3.8) is 0 Å². The van der Waals surface area contributed by atoms with Gasteiger partial charge in [-0.25, -0.2) is 0 Å². The summed E-state index contributed by atoms with van der Waals surface area (Å²) < 4.78 is 0. The summed E-state index contributed by atoms with van der Waals surface area (Å²) in [4.78, 5) is 24.5. The zero-order chi connectivity index (χ0) is 10.9. The first-order chi connectivity index (χ1) is 6.54. The Hall–Kier alpha value is -1.12. The van der Waals surface area contributed by atoms with Crippen LogP contribution >= 0.6 is 0 Å². The monoisotopic (exact) mass is 195 g/mol. The van der Waals surface area contributed by atoms with Gasteiger partial charge in [-0.05, 0) is 27.2 Å². The Labute approximate surface area is 84.8 Å². The average Bonchev–Trinajstić information content (AvgIpc) is 2.36. The Balaban J connectivity index is 3.08. The van der Waals surface area contributed by atoms with Crippen LogP contribution in [0, 0.1) is 0 Å². The average molecular weight is 195 g/mol. The van der Waals surface area contributed by atoms with E-state index in [1.54, 1.807) is 4.90 Å². The number of rotatable bonds is 3. The normalized spacial score (nSPS) is 22.5. The molecule has 1 rings (SSSR count). The second kappa shape index (κ2) is 3.95. The van der Waals surface area contributed by atoms with Crippen molar-refractivity contribution in [2.45, 2.75) is 46.2 Å². The summed E-state index contributed by atoms with van der Waals surface area (Å²) in [6.45, 7) is 7.75. The van der Waals surface area contributed by atoms with Gasteiger partial charge in [0.2, 0.25) is 0 Å². The van der Waals surface area contributed by atoms with Crippen molar-refractivity contribution in [3.05, 3.63) is 11.1 Å². The molecule has 1 heterocycles. The first-order valence-corrected chi connectivity index (χ1v) is 5.05. The lowest BCUT2D eigenvalue weighted by Crippen LogP contribution is -2.39. The van der Waals surface area contributed by atoms with E-state index in [0.717, 1.165) is 6.29 Å². The minimum atomic E-state index is -0.0602. The van der Waals surface area contributed by atoms with Crippen LogP contribution in [0.25, 0.3) is 0 Å². The molecule has 1 atom stereocenters. The van der Waals surface area contributed by atoms with Crippen LogP contribution in [0.3, 0.4) is 0 Å². The van der Waals surface area contributed by atoms with Crippen LogP contribution in [-0.4, -0.2) is 29.2 Å². The van der Waals surface area contributed by atoms with Gasteiger partial charge in [-0.2, -0.15) is 0 Å². The maximum Gasteiger partial charge on any atom is 0.250 e. The molecule has 0 aromatic rings. The standard InChI is InChI=1S/C11H17NO2/c1-5-9-10(6-13)8(4)12(7(2)3)11(9)14/h6-8H,5H2,1-4H3. The van der Waals surface area contributed by atoms with Gasteiger partial charge in [0.05, 0.1) is 6.04 Å². The molecular weight excluding hydrogens is 178 g/mol. The topological polar surface area (TPSA) is 37.4 Å². The second-order valence-electron chi connectivity index (χ2n) is 3.89. The lowest BCUT2D eigenvalue weighted by molar-refractivity contribution is -0.128. The zero-order valence-corrected chi connectivity index (χ0v) is 9.20. The van der Waals surface area contributed by atoms with E-state index in [4.69, 9.17) is 0 Å². The minimum absolute atomic E-state index is 0.0251. The van der Waals surface area contributed by atoms with Crippen molar-refractivity contribution in [2.75, 3.05) is 0 Å². The lowest BCUT2D eigenvalue weighted by Gasteiger charge is -2.27. The number of hydrogen-bond acceptors (Lipinski definition) is 2. The van der Waals surface area contributed by atoms with Gasteiger partial charge < -0.3 is 4.90 Å². The molecule has 0 bridgehead atoms. The molecule has 0 aliphatic carbocycles. The molecule has 0 aromatic heterocycles. The predicted molar refractivity (Wildman–Crippen MR) is 54.8 cm³/mol. The molecule has 0 spiro atoms. The summed E-state index contributed by atoms with van der Waals surface area (Å²) in [5.41, 5.74) is 1.34. The van der Waals surface area contributed by atoms with E-state index in [1.165, 1.54) is 0 Å². The van der Waals surface area contributed by atoms with Crippen molar-refractivity contribution < 1.29 is 9.59 Å². The van der Waals surface area contributed by atoms with E-state index in [9.17, 15) is 9.59 Å². The Bertz CT molecular complexity index is 292. The highest BCUT2D eigenvalue weighted by atomic mass is 16.2. The SMILES string of the molecule is CCC1=C(C=O)C(C)N(C(C)C)C1=O. The van der Waals surface area contributed by atoms with E-state index < -0.39 is 0 Å². The molecule has 0 fully saturated rings. The summed E-state index contributed by atoms with van der Waals surface area (Å²) in [5, 5.41) is 0. The van der Waals surface area contributed by atoms with Crippen LogP contribution in [0.1, 0.15) is 34.1 Å².